The Hall–Kier alpha value is -2.83. The second-order valence-electron chi connectivity index (χ2n) is 5.37. The van der Waals surface area contributed by atoms with E-state index in [2.05, 4.69) is 20.3 Å². The van der Waals surface area contributed by atoms with Crippen molar-refractivity contribution in [3.8, 4) is 0 Å². The summed E-state index contributed by atoms with van der Waals surface area (Å²) in [5.41, 5.74) is 0.950. The van der Waals surface area contributed by atoms with Crippen molar-refractivity contribution in [2.75, 3.05) is 5.32 Å². The highest BCUT2D eigenvalue weighted by Crippen LogP contribution is 2.26. The highest BCUT2D eigenvalue weighted by atomic mass is 19.1. The Bertz CT molecular complexity index is 847. The number of aromatic nitrogens is 4. The van der Waals surface area contributed by atoms with E-state index in [1.165, 1.54) is 18.5 Å². The summed E-state index contributed by atoms with van der Waals surface area (Å²) in [7, 11) is 1.82. The minimum Gasteiger partial charge on any atom is -0.354 e. The molecule has 0 bridgehead atoms. The highest BCUT2D eigenvalue weighted by molar-refractivity contribution is 5.43. The predicted octanol–water partition coefficient (Wildman–Crippen LogP) is 3.25. The van der Waals surface area contributed by atoms with Gasteiger partial charge in [0, 0.05) is 19.4 Å². The Balaban J connectivity index is 2.05. The van der Waals surface area contributed by atoms with Gasteiger partial charge in [0.1, 0.15) is 24.0 Å². The van der Waals surface area contributed by atoms with Gasteiger partial charge in [-0.25, -0.2) is 23.7 Å². The lowest BCUT2D eigenvalue weighted by molar-refractivity contribution is 0.592. The molecule has 3 rings (SSSR count). The maximum Gasteiger partial charge on any atom is 0.186 e. The van der Waals surface area contributed by atoms with Crippen LogP contribution in [-0.4, -0.2) is 19.5 Å². The van der Waals surface area contributed by atoms with Crippen LogP contribution in [0, 0.1) is 11.6 Å². The molecule has 1 aromatic carbocycles. The Kier molecular flexibility index (Phi) is 4.50. The number of rotatable bonds is 5. The van der Waals surface area contributed by atoms with Crippen LogP contribution in [0.4, 0.5) is 14.6 Å². The highest BCUT2D eigenvalue weighted by Gasteiger charge is 2.21. The van der Waals surface area contributed by atoms with Crippen molar-refractivity contribution in [1.82, 2.24) is 19.5 Å². The van der Waals surface area contributed by atoms with E-state index in [4.69, 9.17) is 0 Å². The average Bonchev–Trinajstić information content (AvgIpc) is 3.00. The SMILES string of the molecule is CCc1ncnc(N[C@@H](c2cccc(F)c2)c2nccn2C)c1F. The molecule has 1 N–H and O–H groups in total. The molecular formula is C17H17F2N5. The molecule has 0 spiro atoms. The molecule has 0 aliphatic carbocycles. The second kappa shape index (κ2) is 6.74. The summed E-state index contributed by atoms with van der Waals surface area (Å²) in [6.45, 7) is 1.82. The molecule has 2 aromatic heterocycles. The maximum atomic E-state index is 14.5. The fourth-order valence-electron chi connectivity index (χ4n) is 2.53. The van der Waals surface area contributed by atoms with Gasteiger partial charge in [-0.15, -0.1) is 0 Å². The van der Waals surface area contributed by atoms with Gasteiger partial charge in [-0.3, -0.25) is 0 Å². The number of hydrogen-bond donors (Lipinski definition) is 1. The molecule has 0 amide bonds. The topological polar surface area (TPSA) is 55.6 Å². The van der Waals surface area contributed by atoms with Crippen LogP contribution in [0.25, 0.3) is 0 Å². The van der Waals surface area contributed by atoms with E-state index < -0.39 is 11.9 Å². The summed E-state index contributed by atoms with van der Waals surface area (Å²) in [5, 5.41) is 3.03. The smallest absolute Gasteiger partial charge is 0.186 e. The lowest BCUT2D eigenvalue weighted by atomic mass is 10.1. The molecule has 0 saturated heterocycles. The van der Waals surface area contributed by atoms with Crippen molar-refractivity contribution in [2.24, 2.45) is 7.05 Å². The molecule has 24 heavy (non-hydrogen) atoms. The monoisotopic (exact) mass is 329 g/mol. The molecule has 0 fully saturated rings. The molecule has 2 heterocycles. The number of anilines is 1. The van der Waals surface area contributed by atoms with Crippen LogP contribution in [0.2, 0.25) is 0 Å². The van der Waals surface area contributed by atoms with E-state index in [1.54, 1.807) is 29.1 Å². The lowest BCUT2D eigenvalue weighted by Gasteiger charge is -2.20. The molecule has 1 atom stereocenters. The van der Waals surface area contributed by atoms with Gasteiger partial charge in [0.05, 0.1) is 5.69 Å². The summed E-state index contributed by atoms with van der Waals surface area (Å²) in [4.78, 5) is 12.2. The molecule has 0 saturated carbocycles. The Morgan fingerprint density at radius 3 is 2.71 bits per heavy atom. The fourth-order valence-corrected chi connectivity index (χ4v) is 2.53. The molecule has 0 unspecified atom stereocenters. The number of nitrogens with one attached hydrogen (secondary N) is 1. The molecular weight excluding hydrogens is 312 g/mol. The minimum absolute atomic E-state index is 0.0686. The Morgan fingerprint density at radius 2 is 2.04 bits per heavy atom. The molecule has 0 aliphatic heterocycles. The molecule has 7 heteroatoms. The van der Waals surface area contributed by atoms with E-state index in [-0.39, 0.29) is 11.6 Å². The van der Waals surface area contributed by atoms with Crippen LogP contribution >= 0.6 is 0 Å². The summed E-state index contributed by atoms with van der Waals surface area (Å²) in [6.07, 6.45) is 5.18. The van der Waals surface area contributed by atoms with Gasteiger partial charge in [0.25, 0.3) is 0 Å². The third-order valence-electron chi connectivity index (χ3n) is 3.78. The van der Waals surface area contributed by atoms with Crippen molar-refractivity contribution >= 4 is 5.82 Å². The number of halogens is 2. The van der Waals surface area contributed by atoms with Gasteiger partial charge < -0.3 is 9.88 Å². The van der Waals surface area contributed by atoms with Crippen LogP contribution in [0.1, 0.15) is 30.0 Å². The first-order valence-electron chi connectivity index (χ1n) is 7.58. The zero-order valence-electron chi connectivity index (χ0n) is 13.4. The van der Waals surface area contributed by atoms with E-state index in [0.717, 1.165) is 0 Å². The normalized spacial score (nSPS) is 12.2. The van der Waals surface area contributed by atoms with Gasteiger partial charge in [0.15, 0.2) is 11.6 Å². The standard InChI is InChI=1S/C17H17F2N5/c1-3-13-14(19)16(22-10-21-13)23-15(17-20-7-8-24(17)2)11-5-4-6-12(18)9-11/h4-10,15H,3H2,1-2H3,(H,21,22,23)/t15-/m0/s1. The summed E-state index contributed by atoms with van der Waals surface area (Å²) >= 11 is 0. The van der Waals surface area contributed by atoms with Crippen LogP contribution in [0.3, 0.4) is 0 Å². The van der Waals surface area contributed by atoms with Crippen LogP contribution in [0.5, 0.6) is 0 Å². The Labute approximate surface area is 138 Å². The van der Waals surface area contributed by atoms with Crippen molar-refractivity contribution in [1.29, 1.82) is 0 Å². The lowest BCUT2D eigenvalue weighted by Crippen LogP contribution is -2.19. The first-order valence-corrected chi connectivity index (χ1v) is 7.58. The predicted molar refractivity (Wildman–Crippen MR) is 86.4 cm³/mol. The third kappa shape index (κ3) is 3.10. The van der Waals surface area contributed by atoms with Crippen molar-refractivity contribution in [3.63, 3.8) is 0 Å². The van der Waals surface area contributed by atoms with E-state index in [0.29, 0.717) is 23.5 Å². The molecule has 0 aliphatic rings. The van der Waals surface area contributed by atoms with Crippen LogP contribution in [-0.2, 0) is 13.5 Å². The first kappa shape index (κ1) is 16.0. The van der Waals surface area contributed by atoms with Crippen LogP contribution in [0.15, 0.2) is 43.0 Å². The van der Waals surface area contributed by atoms with E-state index >= 15 is 0 Å². The van der Waals surface area contributed by atoms with E-state index in [1.807, 2.05) is 14.0 Å². The average molecular weight is 329 g/mol. The number of hydrogen-bond acceptors (Lipinski definition) is 4. The molecule has 0 radical (unpaired) electrons. The van der Waals surface area contributed by atoms with Gasteiger partial charge in [0.2, 0.25) is 0 Å². The molecule has 3 aromatic rings. The van der Waals surface area contributed by atoms with Crippen molar-refractivity contribution < 1.29 is 8.78 Å². The summed E-state index contributed by atoms with van der Waals surface area (Å²) < 4.78 is 29.9. The Morgan fingerprint density at radius 1 is 1.21 bits per heavy atom. The van der Waals surface area contributed by atoms with Crippen LogP contribution < -0.4 is 5.32 Å². The van der Waals surface area contributed by atoms with Gasteiger partial charge in [-0.1, -0.05) is 19.1 Å². The van der Waals surface area contributed by atoms with Gasteiger partial charge in [-0.2, -0.15) is 0 Å². The zero-order valence-corrected chi connectivity index (χ0v) is 13.4. The van der Waals surface area contributed by atoms with Gasteiger partial charge in [-0.05, 0) is 24.1 Å². The second-order valence-corrected chi connectivity index (χ2v) is 5.37. The van der Waals surface area contributed by atoms with Crippen molar-refractivity contribution in [2.45, 2.75) is 19.4 Å². The minimum atomic E-state index is -0.546. The zero-order chi connectivity index (χ0) is 17.1. The summed E-state index contributed by atoms with van der Waals surface area (Å²) in [6, 6.07) is 5.58. The fraction of sp³-hybridized carbons (Fsp3) is 0.235. The van der Waals surface area contributed by atoms with Crippen molar-refractivity contribution in [3.05, 3.63) is 71.7 Å². The number of nitrogens with zero attached hydrogens (tertiary/aromatic N) is 4. The largest absolute Gasteiger partial charge is 0.354 e. The molecule has 124 valence electrons. The number of imidazole rings is 1. The number of benzene rings is 1. The number of aryl methyl sites for hydroxylation is 2. The first-order chi connectivity index (χ1) is 11.6. The van der Waals surface area contributed by atoms with E-state index in [9.17, 15) is 8.78 Å². The van der Waals surface area contributed by atoms with Gasteiger partial charge >= 0.3 is 0 Å². The molecule has 5 nitrogen and oxygen atoms in total. The third-order valence-corrected chi connectivity index (χ3v) is 3.78. The quantitative estimate of drug-likeness (QED) is 0.781. The summed E-state index contributed by atoms with van der Waals surface area (Å²) in [5.74, 6) is -0.183. The maximum absolute atomic E-state index is 14.5.